The topological polar surface area (TPSA) is 79.8 Å². The van der Waals surface area contributed by atoms with Crippen molar-refractivity contribution in [3.63, 3.8) is 0 Å². The number of piperidine rings is 1. The van der Waals surface area contributed by atoms with E-state index in [1.807, 2.05) is 0 Å². The van der Waals surface area contributed by atoms with Gasteiger partial charge in [-0.2, -0.15) is 0 Å². The molecule has 1 aliphatic rings. The summed E-state index contributed by atoms with van der Waals surface area (Å²) in [6.07, 6.45) is 1.97. The van der Waals surface area contributed by atoms with Gasteiger partial charge in [0.15, 0.2) is 6.61 Å². The minimum atomic E-state index is -0.151. The lowest BCUT2D eigenvalue weighted by molar-refractivity contribution is -0.124. The van der Waals surface area contributed by atoms with Crippen LogP contribution in [0.3, 0.4) is 0 Å². The minimum Gasteiger partial charge on any atom is -0.508 e. The number of ether oxygens (including phenoxy) is 2. The molecule has 1 fully saturated rings. The molecule has 1 aromatic rings. The molecule has 0 atom stereocenters. The predicted molar refractivity (Wildman–Crippen MR) is 83.0 cm³/mol. The van der Waals surface area contributed by atoms with Crippen molar-refractivity contribution in [3.8, 4) is 11.5 Å². The number of carbonyl (C=O) groups is 1. The Balaban J connectivity index is 1.77. The van der Waals surface area contributed by atoms with Gasteiger partial charge >= 0.3 is 0 Å². The molecule has 0 aromatic heterocycles. The first kappa shape index (κ1) is 16.6. The molecule has 122 valence electrons. The largest absolute Gasteiger partial charge is 0.508 e. The van der Waals surface area contributed by atoms with Gasteiger partial charge < -0.3 is 25.2 Å². The highest BCUT2D eigenvalue weighted by Gasteiger charge is 2.32. The zero-order valence-corrected chi connectivity index (χ0v) is 12.9. The molecule has 0 spiro atoms. The lowest BCUT2D eigenvalue weighted by Gasteiger charge is -2.37. The van der Waals surface area contributed by atoms with Gasteiger partial charge in [-0.05, 0) is 50.2 Å². The second-order valence-corrected chi connectivity index (χ2v) is 5.74. The molecule has 1 amide bonds. The number of benzene rings is 1. The number of hydrogen-bond acceptors (Lipinski definition) is 5. The average Bonchev–Trinajstić information content (AvgIpc) is 2.54. The lowest BCUT2D eigenvalue weighted by Crippen LogP contribution is -2.47. The third-order valence-corrected chi connectivity index (χ3v) is 3.98. The number of nitrogens with one attached hydrogen (secondary N) is 2. The van der Waals surface area contributed by atoms with Crippen molar-refractivity contribution in [2.45, 2.75) is 12.8 Å². The molecule has 0 unspecified atom stereocenters. The predicted octanol–water partition coefficient (Wildman–Crippen LogP) is 0.903. The fraction of sp³-hybridized carbons (Fsp3) is 0.562. The number of phenolic OH excluding ortho intramolecular Hbond substituents is 1. The Morgan fingerprint density at radius 3 is 2.64 bits per heavy atom. The van der Waals surface area contributed by atoms with Crippen LogP contribution in [0.15, 0.2) is 24.3 Å². The molecule has 1 aromatic carbocycles. The Hall–Kier alpha value is -1.79. The molecular formula is C16H24N2O4. The zero-order chi connectivity index (χ0) is 15.8. The van der Waals surface area contributed by atoms with E-state index in [-0.39, 0.29) is 23.7 Å². The number of aromatic hydroxyl groups is 1. The molecule has 1 saturated heterocycles. The molecule has 22 heavy (non-hydrogen) atoms. The van der Waals surface area contributed by atoms with Crippen LogP contribution in [0.5, 0.6) is 11.5 Å². The van der Waals surface area contributed by atoms with Gasteiger partial charge in [0, 0.05) is 19.1 Å². The summed E-state index contributed by atoms with van der Waals surface area (Å²) < 4.78 is 10.7. The Morgan fingerprint density at radius 2 is 2.00 bits per heavy atom. The summed E-state index contributed by atoms with van der Waals surface area (Å²) in [5, 5.41) is 15.5. The number of amides is 1. The maximum Gasteiger partial charge on any atom is 0.257 e. The van der Waals surface area contributed by atoms with Crippen molar-refractivity contribution in [2.75, 3.05) is 40.0 Å². The quantitative estimate of drug-likeness (QED) is 0.697. The Bertz CT molecular complexity index is 464. The van der Waals surface area contributed by atoms with Crippen LogP contribution >= 0.6 is 0 Å². The first-order valence-corrected chi connectivity index (χ1v) is 7.52. The molecule has 1 heterocycles. The van der Waals surface area contributed by atoms with E-state index in [1.165, 1.54) is 12.1 Å². The van der Waals surface area contributed by atoms with Crippen molar-refractivity contribution in [3.05, 3.63) is 24.3 Å². The summed E-state index contributed by atoms with van der Waals surface area (Å²) >= 11 is 0. The van der Waals surface area contributed by atoms with E-state index < -0.39 is 0 Å². The van der Waals surface area contributed by atoms with Crippen molar-refractivity contribution in [1.82, 2.24) is 10.6 Å². The van der Waals surface area contributed by atoms with E-state index in [2.05, 4.69) is 10.6 Å². The number of methoxy groups -OCH3 is 1. The minimum absolute atomic E-state index is 0.00813. The van der Waals surface area contributed by atoms with Gasteiger partial charge in [0.05, 0.1) is 6.61 Å². The van der Waals surface area contributed by atoms with Crippen LogP contribution in [0, 0.1) is 5.41 Å². The number of rotatable bonds is 7. The number of hydrogen-bond donors (Lipinski definition) is 3. The van der Waals surface area contributed by atoms with Crippen molar-refractivity contribution in [2.24, 2.45) is 5.41 Å². The van der Waals surface area contributed by atoms with Gasteiger partial charge in [-0.1, -0.05) is 0 Å². The van der Waals surface area contributed by atoms with Gasteiger partial charge in [0.25, 0.3) is 5.91 Å². The molecule has 6 nitrogen and oxygen atoms in total. The summed E-state index contributed by atoms with van der Waals surface area (Å²) in [4.78, 5) is 11.9. The molecule has 0 aliphatic carbocycles. The van der Waals surface area contributed by atoms with Crippen LogP contribution in [0.1, 0.15) is 12.8 Å². The van der Waals surface area contributed by atoms with Crippen LogP contribution in [0.2, 0.25) is 0 Å². The number of carbonyl (C=O) groups excluding carboxylic acids is 1. The fourth-order valence-electron chi connectivity index (χ4n) is 2.66. The van der Waals surface area contributed by atoms with Gasteiger partial charge in [-0.25, -0.2) is 0 Å². The van der Waals surface area contributed by atoms with E-state index in [0.717, 1.165) is 25.9 Å². The second-order valence-electron chi connectivity index (χ2n) is 5.74. The summed E-state index contributed by atoms with van der Waals surface area (Å²) in [6, 6.07) is 6.30. The Labute approximate surface area is 130 Å². The molecule has 0 saturated carbocycles. The fourth-order valence-corrected chi connectivity index (χ4v) is 2.66. The van der Waals surface area contributed by atoms with E-state index in [0.29, 0.717) is 18.9 Å². The molecule has 1 aliphatic heterocycles. The maximum absolute atomic E-state index is 11.9. The maximum atomic E-state index is 11.9. The molecule has 6 heteroatoms. The van der Waals surface area contributed by atoms with Gasteiger partial charge in [0.2, 0.25) is 0 Å². The van der Waals surface area contributed by atoms with Crippen LogP contribution in [0.25, 0.3) is 0 Å². The van der Waals surface area contributed by atoms with Gasteiger partial charge in [-0.15, -0.1) is 0 Å². The second kappa shape index (κ2) is 8.00. The monoisotopic (exact) mass is 308 g/mol. The smallest absolute Gasteiger partial charge is 0.257 e. The van der Waals surface area contributed by atoms with Crippen LogP contribution in [-0.4, -0.2) is 51.0 Å². The highest BCUT2D eigenvalue weighted by molar-refractivity contribution is 5.77. The highest BCUT2D eigenvalue weighted by Crippen LogP contribution is 2.28. The normalized spacial score (nSPS) is 17.0. The van der Waals surface area contributed by atoms with Crippen molar-refractivity contribution < 1.29 is 19.4 Å². The van der Waals surface area contributed by atoms with E-state index in [9.17, 15) is 9.90 Å². The Kier molecular flexibility index (Phi) is 6.03. The van der Waals surface area contributed by atoms with E-state index in [1.54, 1.807) is 19.2 Å². The molecular weight excluding hydrogens is 284 g/mol. The molecule has 3 N–H and O–H groups in total. The standard InChI is InChI=1S/C16H24N2O4/c1-21-12-16(6-8-17-9-7-16)11-18-15(20)10-22-14-4-2-13(19)3-5-14/h2-5,17,19H,6-12H2,1H3,(H,18,20). The number of phenols is 1. The third-order valence-electron chi connectivity index (χ3n) is 3.98. The average molecular weight is 308 g/mol. The Morgan fingerprint density at radius 1 is 1.32 bits per heavy atom. The highest BCUT2D eigenvalue weighted by atomic mass is 16.5. The van der Waals surface area contributed by atoms with E-state index in [4.69, 9.17) is 9.47 Å². The summed E-state index contributed by atoms with van der Waals surface area (Å²) in [5.74, 6) is 0.577. The molecule has 2 rings (SSSR count). The summed E-state index contributed by atoms with van der Waals surface area (Å²) in [6.45, 7) is 3.10. The van der Waals surface area contributed by atoms with E-state index >= 15 is 0 Å². The third kappa shape index (κ3) is 4.89. The zero-order valence-electron chi connectivity index (χ0n) is 12.9. The molecule has 0 radical (unpaired) electrons. The van der Waals surface area contributed by atoms with Crippen LogP contribution in [-0.2, 0) is 9.53 Å². The molecule has 0 bridgehead atoms. The lowest BCUT2D eigenvalue weighted by atomic mass is 9.79. The van der Waals surface area contributed by atoms with Crippen LogP contribution in [0.4, 0.5) is 0 Å². The summed E-state index contributed by atoms with van der Waals surface area (Å²) in [5.41, 5.74) is 0.00813. The van der Waals surface area contributed by atoms with Crippen molar-refractivity contribution >= 4 is 5.91 Å². The first-order chi connectivity index (χ1) is 10.6. The first-order valence-electron chi connectivity index (χ1n) is 7.52. The SMILES string of the molecule is COCC1(CNC(=O)COc2ccc(O)cc2)CCNCC1. The van der Waals surface area contributed by atoms with Crippen molar-refractivity contribution in [1.29, 1.82) is 0 Å². The van der Waals surface area contributed by atoms with Gasteiger partial charge in [-0.3, -0.25) is 4.79 Å². The van der Waals surface area contributed by atoms with Gasteiger partial charge in [0.1, 0.15) is 11.5 Å². The summed E-state index contributed by atoms with van der Waals surface area (Å²) in [7, 11) is 1.69. The van der Waals surface area contributed by atoms with Crippen LogP contribution < -0.4 is 15.4 Å².